The molecule has 0 bridgehead atoms. The second kappa shape index (κ2) is 6.69. The molecule has 1 aromatic rings. The molecule has 1 amide bonds. The van der Waals surface area contributed by atoms with Gasteiger partial charge in [-0.2, -0.15) is 0 Å². The second-order valence-corrected chi connectivity index (χ2v) is 6.35. The van der Waals surface area contributed by atoms with Crippen LogP contribution in [-0.2, 0) is 10.8 Å². The third-order valence-corrected chi connectivity index (χ3v) is 4.45. The summed E-state index contributed by atoms with van der Waals surface area (Å²) in [5.74, 6) is 6.40. The number of carbonyl (C=O) groups excluding carboxylic acids is 1. The number of aliphatic hydroxyl groups is 1. The van der Waals surface area contributed by atoms with Crippen molar-refractivity contribution in [2.75, 3.05) is 31.2 Å². The Labute approximate surface area is 121 Å². The van der Waals surface area contributed by atoms with Crippen LogP contribution in [0, 0.1) is 18.8 Å². The van der Waals surface area contributed by atoms with E-state index < -0.39 is 10.8 Å². The fraction of sp³-hybridized carbons (Fsp3) is 0.400. The first-order chi connectivity index (χ1) is 9.61. The highest BCUT2D eigenvalue weighted by Gasteiger charge is 2.22. The molecule has 0 radical (unpaired) electrons. The first kappa shape index (κ1) is 14.8. The lowest BCUT2D eigenvalue weighted by Gasteiger charge is -2.26. The van der Waals surface area contributed by atoms with Crippen LogP contribution in [0.4, 0.5) is 0 Å². The minimum absolute atomic E-state index is 0.0797. The first-order valence-corrected chi connectivity index (χ1v) is 7.95. The van der Waals surface area contributed by atoms with Crippen LogP contribution in [0.3, 0.4) is 0 Å². The van der Waals surface area contributed by atoms with Crippen LogP contribution < -0.4 is 0 Å². The lowest BCUT2D eigenvalue weighted by molar-refractivity contribution is 0.0771. The molecule has 0 saturated carbocycles. The van der Waals surface area contributed by atoms with E-state index in [-0.39, 0.29) is 12.5 Å². The van der Waals surface area contributed by atoms with Crippen molar-refractivity contribution in [3.8, 4) is 11.8 Å². The number of benzene rings is 1. The lowest BCUT2D eigenvalue weighted by Crippen LogP contribution is -2.42. The molecule has 1 fully saturated rings. The minimum Gasteiger partial charge on any atom is -0.384 e. The molecule has 1 heterocycles. The van der Waals surface area contributed by atoms with Crippen molar-refractivity contribution in [1.82, 2.24) is 4.90 Å². The molecule has 0 aliphatic carbocycles. The molecular formula is C15H17NO3S. The predicted octanol–water partition coefficient (Wildman–Crippen LogP) is 0.543. The predicted molar refractivity (Wildman–Crippen MR) is 78.9 cm³/mol. The average molecular weight is 291 g/mol. The fourth-order valence-corrected chi connectivity index (χ4v) is 3.15. The van der Waals surface area contributed by atoms with Gasteiger partial charge in [0.15, 0.2) is 0 Å². The smallest absolute Gasteiger partial charge is 0.255 e. The molecule has 1 aliphatic heterocycles. The summed E-state index contributed by atoms with van der Waals surface area (Å²) in [6.45, 7) is 2.74. The molecule has 0 atom stereocenters. The van der Waals surface area contributed by atoms with Crippen LogP contribution in [0.1, 0.15) is 21.5 Å². The van der Waals surface area contributed by atoms with Gasteiger partial charge < -0.3 is 10.0 Å². The van der Waals surface area contributed by atoms with E-state index >= 15 is 0 Å². The quantitative estimate of drug-likeness (QED) is 0.769. The van der Waals surface area contributed by atoms with Crippen LogP contribution >= 0.6 is 0 Å². The summed E-state index contributed by atoms with van der Waals surface area (Å²) < 4.78 is 11.3. The molecule has 2 rings (SSSR count). The molecule has 106 valence electrons. The van der Waals surface area contributed by atoms with Crippen molar-refractivity contribution in [3.05, 3.63) is 34.9 Å². The molecule has 1 saturated heterocycles. The Morgan fingerprint density at radius 2 is 2.10 bits per heavy atom. The summed E-state index contributed by atoms with van der Waals surface area (Å²) in [6, 6.07) is 5.49. The summed E-state index contributed by atoms with van der Waals surface area (Å²) in [4.78, 5) is 14.2. The zero-order valence-electron chi connectivity index (χ0n) is 11.4. The Kier molecular flexibility index (Phi) is 4.94. The third-order valence-electron chi connectivity index (χ3n) is 3.17. The molecular weight excluding hydrogens is 274 g/mol. The highest BCUT2D eigenvalue weighted by molar-refractivity contribution is 7.85. The van der Waals surface area contributed by atoms with Gasteiger partial charge in [0.05, 0.1) is 5.56 Å². The van der Waals surface area contributed by atoms with Crippen LogP contribution in [0.25, 0.3) is 0 Å². The minimum atomic E-state index is -0.803. The highest BCUT2D eigenvalue weighted by atomic mass is 32.2. The van der Waals surface area contributed by atoms with Crippen LogP contribution in [0.15, 0.2) is 18.2 Å². The largest absolute Gasteiger partial charge is 0.384 e. The van der Waals surface area contributed by atoms with E-state index in [1.54, 1.807) is 11.0 Å². The van der Waals surface area contributed by atoms with Crippen molar-refractivity contribution in [2.45, 2.75) is 6.92 Å². The zero-order valence-corrected chi connectivity index (χ0v) is 12.2. The summed E-state index contributed by atoms with van der Waals surface area (Å²) in [6.07, 6.45) is 0. The number of hydrogen-bond acceptors (Lipinski definition) is 3. The second-order valence-electron chi connectivity index (χ2n) is 4.65. The van der Waals surface area contributed by atoms with Gasteiger partial charge in [-0.3, -0.25) is 9.00 Å². The SMILES string of the molecule is Cc1ccc(C(=O)N2CCS(=O)CC2)c(C#CCO)c1. The van der Waals surface area contributed by atoms with Crippen molar-refractivity contribution in [1.29, 1.82) is 0 Å². The van der Waals surface area contributed by atoms with E-state index in [1.165, 1.54) is 0 Å². The maximum absolute atomic E-state index is 12.5. The van der Waals surface area contributed by atoms with Crippen molar-refractivity contribution in [2.24, 2.45) is 0 Å². The van der Waals surface area contributed by atoms with Gasteiger partial charge in [0.1, 0.15) is 6.61 Å². The number of carbonyl (C=O) groups is 1. The lowest BCUT2D eigenvalue weighted by atomic mass is 10.0. The summed E-state index contributed by atoms with van der Waals surface area (Å²) >= 11 is 0. The van der Waals surface area contributed by atoms with Gasteiger partial charge in [0, 0.05) is 41.0 Å². The Morgan fingerprint density at radius 3 is 2.75 bits per heavy atom. The summed E-state index contributed by atoms with van der Waals surface area (Å²) in [7, 11) is -0.803. The van der Waals surface area contributed by atoms with E-state index in [2.05, 4.69) is 11.8 Å². The molecule has 1 aromatic carbocycles. The number of hydrogen-bond donors (Lipinski definition) is 1. The van der Waals surface area contributed by atoms with Crippen LogP contribution in [0.5, 0.6) is 0 Å². The van der Waals surface area contributed by atoms with E-state index in [1.807, 2.05) is 19.1 Å². The molecule has 0 unspecified atom stereocenters. The van der Waals surface area contributed by atoms with Crippen LogP contribution in [0.2, 0.25) is 0 Å². The Hall–Kier alpha value is -1.64. The number of aliphatic hydroxyl groups excluding tert-OH is 1. The van der Waals surface area contributed by atoms with Crippen molar-refractivity contribution in [3.63, 3.8) is 0 Å². The van der Waals surface area contributed by atoms with Gasteiger partial charge in [-0.05, 0) is 24.6 Å². The summed E-state index contributed by atoms with van der Waals surface area (Å²) in [5, 5.41) is 8.80. The molecule has 0 aromatic heterocycles. The molecule has 20 heavy (non-hydrogen) atoms. The Bertz CT molecular complexity index is 591. The van der Waals surface area contributed by atoms with Gasteiger partial charge in [0.25, 0.3) is 5.91 Å². The Morgan fingerprint density at radius 1 is 1.40 bits per heavy atom. The van der Waals surface area contributed by atoms with Crippen LogP contribution in [-0.4, -0.2) is 51.3 Å². The third kappa shape index (κ3) is 3.47. The number of rotatable bonds is 1. The van der Waals surface area contributed by atoms with Gasteiger partial charge in [-0.1, -0.05) is 17.9 Å². The van der Waals surface area contributed by atoms with E-state index in [0.717, 1.165) is 5.56 Å². The van der Waals surface area contributed by atoms with Gasteiger partial charge >= 0.3 is 0 Å². The average Bonchev–Trinajstić information content (AvgIpc) is 2.45. The van der Waals surface area contributed by atoms with E-state index in [0.29, 0.717) is 35.7 Å². The van der Waals surface area contributed by atoms with Crippen molar-refractivity contribution < 1.29 is 14.1 Å². The number of aryl methyl sites for hydroxylation is 1. The maximum Gasteiger partial charge on any atom is 0.255 e. The first-order valence-electron chi connectivity index (χ1n) is 6.46. The van der Waals surface area contributed by atoms with E-state index in [4.69, 9.17) is 5.11 Å². The highest BCUT2D eigenvalue weighted by Crippen LogP contribution is 2.15. The standard InChI is InChI=1S/C15H17NO3S/c1-12-4-5-14(13(11-12)3-2-8-17)15(18)16-6-9-20(19)10-7-16/h4-5,11,17H,6-10H2,1H3. The van der Waals surface area contributed by atoms with Gasteiger partial charge in [0.2, 0.25) is 0 Å². The van der Waals surface area contributed by atoms with Gasteiger partial charge in [-0.15, -0.1) is 0 Å². The topological polar surface area (TPSA) is 57.6 Å². The summed E-state index contributed by atoms with van der Waals surface area (Å²) in [5.41, 5.74) is 2.20. The molecule has 5 heteroatoms. The Balaban J connectivity index is 2.27. The monoisotopic (exact) mass is 291 g/mol. The molecule has 1 N–H and O–H groups in total. The maximum atomic E-state index is 12.5. The van der Waals surface area contributed by atoms with E-state index in [9.17, 15) is 9.00 Å². The zero-order chi connectivity index (χ0) is 14.5. The molecule has 1 aliphatic rings. The van der Waals surface area contributed by atoms with Crippen molar-refractivity contribution >= 4 is 16.7 Å². The number of nitrogens with zero attached hydrogens (tertiary/aromatic N) is 1. The molecule has 0 spiro atoms. The van der Waals surface area contributed by atoms with Gasteiger partial charge in [-0.25, -0.2) is 0 Å². The number of amides is 1. The molecule has 4 nitrogen and oxygen atoms in total. The normalized spacial score (nSPS) is 15.6. The fourth-order valence-electron chi connectivity index (χ4n) is 2.09.